The van der Waals surface area contributed by atoms with Crippen LogP contribution in [0.2, 0.25) is 0 Å². The lowest BCUT2D eigenvalue weighted by Gasteiger charge is -2.23. The van der Waals surface area contributed by atoms with Crippen LogP contribution in [0.5, 0.6) is 0 Å². The Balaban J connectivity index is 3.76. The molecule has 0 saturated heterocycles. The van der Waals surface area contributed by atoms with Crippen molar-refractivity contribution in [3.63, 3.8) is 0 Å². The van der Waals surface area contributed by atoms with E-state index in [1.165, 1.54) is 0 Å². The summed E-state index contributed by atoms with van der Waals surface area (Å²) in [5.41, 5.74) is -0.275. The van der Waals surface area contributed by atoms with Crippen LogP contribution in [0, 0.1) is 0 Å². The molecule has 0 aliphatic rings. The summed E-state index contributed by atoms with van der Waals surface area (Å²) in [6.45, 7) is 4.74. The molecule has 0 radical (unpaired) electrons. The third kappa shape index (κ3) is 3.43. The van der Waals surface area contributed by atoms with Crippen molar-refractivity contribution in [2.24, 2.45) is 0 Å². The molecule has 0 saturated carbocycles. The highest BCUT2D eigenvalue weighted by molar-refractivity contribution is 5.77. The van der Waals surface area contributed by atoms with E-state index in [4.69, 9.17) is 0 Å². The van der Waals surface area contributed by atoms with Gasteiger partial charge in [0, 0.05) is 5.54 Å². The van der Waals surface area contributed by atoms with Gasteiger partial charge in [0.25, 0.3) is 5.91 Å². The summed E-state index contributed by atoms with van der Waals surface area (Å²) in [5.74, 6) is -0.535. The van der Waals surface area contributed by atoms with Gasteiger partial charge in [0.15, 0.2) is 6.67 Å². The lowest BCUT2D eigenvalue weighted by molar-refractivity contribution is -0.123. The molecule has 0 bridgehead atoms. The van der Waals surface area contributed by atoms with Gasteiger partial charge in [-0.15, -0.1) is 0 Å². The first kappa shape index (κ1) is 9.40. The molecule has 0 rings (SSSR count). The van der Waals surface area contributed by atoms with Gasteiger partial charge in [0.05, 0.1) is 0 Å². The van der Waals surface area contributed by atoms with Crippen LogP contribution in [0.4, 0.5) is 4.39 Å². The third-order valence-electron chi connectivity index (χ3n) is 1.48. The molecule has 0 aromatic carbocycles. The van der Waals surface area contributed by atoms with Crippen LogP contribution in [0.15, 0.2) is 0 Å². The fourth-order valence-electron chi connectivity index (χ4n) is 0.499. The van der Waals surface area contributed by atoms with E-state index in [0.717, 1.165) is 6.42 Å². The number of amides is 1. The number of nitrogens with one attached hydrogen (secondary N) is 1. The molecular formula is C7H14FNO. The van der Waals surface area contributed by atoms with E-state index in [9.17, 15) is 9.18 Å². The fraction of sp³-hybridized carbons (Fsp3) is 0.857. The lowest BCUT2D eigenvalue weighted by Crippen LogP contribution is -2.43. The summed E-state index contributed by atoms with van der Waals surface area (Å²) >= 11 is 0. The number of halogens is 1. The summed E-state index contributed by atoms with van der Waals surface area (Å²) in [6.07, 6.45) is 0.804. The highest BCUT2D eigenvalue weighted by atomic mass is 19.1. The second-order valence-corrected chi connectivity index (χ2v) is 2.92. The molecule has 0 aromatic rings. The number of hydrogen-bond acceptors (Lipinski definition) is 1. The van der Waals surface area contributed by atoms with Crippen molar-refractivity contribution in [3.8, 4) is 0 Å². The topological polar surface area (TPSA) is 29.1 Å². The van der Waals surface area contributed by atoms with Gasteiger partial charge in [-0.05, 0) is 20.3 Å². The first-order chi connectivity index (χ1) is 4.52. The molecule has 0 aliphatic carbocycles. The number of carbonyl (C=O) groups is 1. The maximum absolute atomic E-state index is 11.6. The molecule has 0 spiro atoms. The van der Waals surface area contributed by atoms with Gasteiger partial charge in [0.1, 0.15) is 0 Å². The van der Waals surface area contributed by atoms with Gasteiger partial charge in [-0.2, -0.15) is 0 Å². The second kappa shape index (κ2) is 3.54. The van der Waals surface area contributed by atoms with Crippen LogP contribution in [-0.2, 0) is 4.79 Å². The largest absolute Gasteiger partial charge is 0.349 e. The number of alkyl halides is 1. The van der Waals surface area contributed by atoms with Crippen molar-refractivity contribution >= 4 is 5.91 Å². The predicted molar refractivity (Wildman–Crippen MR) is 38.5 cm³/mol. The Kier molecular flexibility index (Phi) is 3.33. The Labute approximate surface area is 60.8 Å². The molecule has 10 heavy (non-hydrogen) atoms. The van der Waals surface area contributed by atoms with E-state index in [1.807, 2.05) is 20.8 Å². The lowest BCUT2D eigenvalue weighted by atomic mass is 10.0. The molecule has 2 nitrogen and oxygen atoms in total. The summed E-state index contributed by atoms with van der Waals surface area (Å²) in [7, 11) is 0. The summed E-state index contributed by atoms with van der Waals surface area (Å²) in [6, 6.07) is 0. The minimum atomic E-state index is -0.927. The van der Waals surface area contributed by atoms with Gasteiger partial charge in [-0.25, -0.2) is 4.39 Å². The Hall–Kier alpha value is -0.600. The van der Waals surface area contributed by atoms with Crippen LogP contribution in [-0.4, -0.2) is 18.1 Å². The predicted octanol–water partition coefficient (Wildman–Crippen LogP) is 1.26. The first-order valence-electron chi connectivity index (χ1n) is 3.39. The molecule has 0 unspecified atom stereocenters. The van der Waals surface area contributed by atoms with E-state index in [2.05, 4.69) is 5.32 Å². The maximum Gasteiger partial charge on any atom is 0.251 e. The molecule has 60 valence electrons. The average molecular weight is 147 g/mol. The van der Waals surface area contributed by atoms with Crippen LogP contribution >= 0.6 is 0 Å². The highest BCUT2D eigenvalue weighted by Gasteiger charge is 2.16. The molecular weight excluding hydrogens is 133 g/mol. The van der Waals surface area contributed by atoms with Crippen molar-refractivity contribution < 1.29 is 9.18 Å². The zero-order chi connectivity index (χ0) is 8.20. The van der Waals surface area contributed by atoms with E-state index in [0.29, 0.717) is 0 Å². The SMILES string of the molecule is CCC(C)(C)NC(=O)CF. The summed E-state index contributed by atoms with van der Waals surface area (Å²) in [5, 5.41) is 2.54. The molecule has 0 atom stereocenters. The first-order valence-corrected chi connectivity index (χ1v) is 3.39. The van der Waals surface area contributed by atoms with Crippen molar-refractivity contribution in [1.82, 2.24) is 5.32 Å². The maximum atomic E-state index is 11.6. The molecule has 0 fully saturated rings. The molecule has 0 aromatic heterocycles. The van der Waals surface area contributed by atoms with Gasteiger partial charge in [0.2, 0.25) is 0 Å². The third-order valence-corrected chi connectivity index (χ3v) is 1.48. The summed E-state index contributed by atoms with van der Waals surface area (Å²) in [4.78, 5) is 10.5. The van der Waals surface area contributed by atoms with E-state index in [-0.39, 0.29) is 5.54 Å². The number of hydrogen-bond donors (Lipinski definition) is 1. The van der Waals surface area contributed by atoms with E-state index >= 15 is 0 Å². The van der Waals surface area contributed by atoms with Crippen LogP contribution in [0.25, 0.3) is 0 Å². The molecule has 0 aliphatic heterocycles. The Bertz CT molecular complexity index is 123. The minimum Gasteiger partial charge on any atom is -0.349 e. The Morgan fingerprint density at radius 2 is 2.10 bits per heavy atom. The van der Waals surface area contributed by atoms with Gasteiger partial charge >= 0.3 is 0 Å². The van der Waals surface area contributed by atoms with E-state index in [1.54, 1.807) is 0 Å². The van der Waals surface area contributed by atoms with Gasteiger partial charge in [-0.3, -0.25) is 4.79 Å². The van der Waals surface area contributed by atoms with Crippen molar-refractivity contribution in [2.45, 2.75) is 32.7 Å². The quantitative estimate of drug-likeness (QED) is 0.639. The molecule has 1 amide bonds. The van der Waals surface area contributed by atoms with Crippen molar-refractivity contribution in [2.75, 3.05) is 6.67 Å². The molecule has 3 heteroatoms. The second-order valence-electron chi connectivity index (χ2n) is 2.92. The molecule has 0 heterocycles. The van der Waals surface area contributed by atoms with Crippen molar-refractivity contribution in [1.29, 1.82) is 0 Å². The smallest absolute Gasteiger partial charge is 0.251 e. The van der Waals surface area contributed by atoms with Crippen LogP contribution in [0.3, 0.4) is 0 Å². The fourth-order valence-corrected chi connectivity index (χ4v) is 0.499. The van der Waals surface area contributed by atoms with Gasteiger partial charge in [-0.1, -0.05) is 6.92 Å². The zero-order valence-corrected chi connectivity index (χ0v) is 6.70. The van der Waals surface area contributed by atoms with E-state index < -0.39 is 12.6 Å². The molecule has 1 N–H and O–H groups in total. The summed E-state index contributed by atoms with van der Waals surface area (Å²) < 4.78 is 11.6. The van der Waals surface area contributed by atoms with Crippen LogP contribution in [0.1, 0.15) is 27.2 Å². The monoisotopic (exact) mass is 147 g/mol. The Morgan fingerprint density at radius 1 is 1.60 bits per heavy atom. The van der Waals surface area contributed by atoms with Crippen molar-refractivity contribution in [3.05, 3.63) is 0 Å². The van der Waals surface area contributed by atoms with Crippen LogP contribution < -0.4 is 5.32 Å². The number of rotatable bonds is 3. The Morgan fingerprint density at radius 3 is 2.40 bits per heavy atom. The zero-order valence-electron chi connectivity index (χ0n) is 6.70. The van der Waals surface area contributed by atoms with Gasteiger partial charge < -0.3 is 5.32 Å². The number of carbonyl (C=O) groups excluding carboxylic acids is 1. The normalized spacial score (nSPS) is 11.2. The minimum absolute atomic E-state index is 0.275. The average Bonchev–Trinajstić information content (AvgIpc) is 1.87. The highest BCUT2D eigenvalue weighted by Crippen LogP contribution is 2.05. The standard InChI is InChI=1S/C7H14FNO/c1-4-7(2,3)9-6(10)5-8/h4-5H2,1-3H3,(H,9,10).